The van der Waals surface area contributed by atoms with Crippen molar-refractivity contribution in [2.75, 3.05) is 26.1 Å². The van der Waals surface area contributed by atoms with Crippen LogP contribution in [0.25, 0.3) is 0 Å². The highest BCUT2D eigenvalue weighted by molar-refractivity contribution is 7.80. The van der Waals surface area contributed by atoms with Crippen molar-refractivity contribution in [2.24, 2.45) is 0 Å². The van der Waals surface area contributed by atoms with Crippen molar-refractivity contribution in [3.63, 3.8) is 0 Å². The number of rotatable bonds is 6. The molecule has 0 saturated carbocycles. The van der Waals surface area contributed by atoms with Crippen LogP contribution in [0.2, 0.25) is 0 Å². The van der Waals surface area contributed by atoms with Crippen LogP contribution in [0.5, 0.6) is 11.5 Å². The molecule has 2 N–H and O–H groups in total. The number of anilines is 1. The zero-order chi connectivity index (χ0) is 15.8. The first kappa shape index (κ1) is 16.1. The second kappa shape index (κ2) is 8.24. The Morgan fingerprint density at radius 3 is 2.50 bits per heavy atom. The summed E-state index contributed by atoms with van der Waals surface area (Å²) in [5.74, 6) is 1.46. The third-order valence-corrected chi connectivity index (χ3v) is 3.44. The highest BCUT2D eigenvalue weighted by Gasteiger charge is 2.06. The monoisotopic (exact) mass is 316 g/mol. The van der Waals surface area contributed by atoms with Crippen molar-refractivity contribution >= 4 is 23.0 Å². The van der Waals surface area contributed by atoms with E-state index in [1.165, 1.54) is 5.56 Å². The van der Waals surface area contributed by atoms with Gasteiger partial charge in [0.15, 0.2) is 5.11 Å². The minimum absolute atomic E-state index is 0.558. The van der Waals surface area contributed by atoms with E-state index in [9.17, 15) is 0 Å². The number of ether oxygens (including phenoxy) is 2. The molecule has 0 heterocycles. The van der Waals surface area contributed by atoms with Crippen molar-refractivity contribution in [1.82, 2.24) is 5.32 Å². The van der Waals surface area contributed by atoms with E-state index < -0.39 is 0 Å². The standard InChI is InChI=1S/C17H20N2O2S/c1-20-14-8-9-16(21-2)15(12-14)19-17(22)18-11-10-13-6-4-3-5-7-13/h3-9,12H,10-11H2,1-2H3,(H2,18,19,22). The maximum absolute atomic E-state index is 5.32. The minimum atomic E-state index is 0.558. The Hall–Kier alpha value is -2.27. The Kier molecular flexibility index (Phi) is 6.03. The first-order chi connectivity index (χ1) is 10.7. The van der Waals surface area contributed by atoms with E-state index in [0.29, 0.717) is 10.9 Å². The number of hydrogen-bond acceptors (Lipinski definition) is 3. The molecule has 0 amide bonds. The summed E-state index contributed by atoms with van der Waals surface area (Å²) in [7, 11) is 3.25. The molecule has 0 saturated heterocycles. The molecule has 0 spiro atoms. The van der Waals surface area contributed by atoms with Gasteiger partial charge in [0.05, 0.1) is 19.9 Å². The minimum Gasteiger partial charge on any atom is -0.497 e. The van der Waals surface area contributed by atoms with Crippen LogP contribution in [0.3, 0.4) is 0 Å². The van der Waals surface area contributed by atoms with E-state index in [0.717, 1.165) is 24.4 Å². The molecule has 5 heteroatoms. The maximum atomic E-state index is 5.32. The Morgan fingerprint density at radius 2 is 1.82 bits per heavy atom. The van der Waals surface area contributed by atoms with E-state index >= 15 is 0 Å². The van der Waals surface area contributed by atoms with E-state index in [2.05, 4.69) is 22.8 Å². The van der Waals surface area contributed by atoms with Gasteiger partial charge in [-0.25, -0.2) is 0 Å². The molecular formula is C17H20N2O2S. The zero-order valence-corrected chi connectivity index (χ0v) is 13.6. The SMILES string of the molecule is COc1ccc(OC)c(NC(=S)NCCc2ccccc2)c1. The van der Waals surface area contributed by atoms with Gasteiger partial charge in [-0.3, -0.25) is 0 Å². The molecule has 4 nitrogen and oxygen atoms in total. The summed E-state index contributed by atoms with van der Waals surface area (Å²) in [5.41, 5.74) is 2.05. The lowest BCUT2D eigenvalue weighted by Gasteiger charge is -2.14. The van der Waals surface area contributed by atoms with Gasteiger partial charge in [-0.1, -0.05) is 30.3 Å². The molecule has 0 fully saturated rings. The van der Waals surface area contributed by atoms with Crippen LogP contribution >= 0.6 is 12.2 Å². The smallest absolute Gasteiger partial charge is 0.170 e. The van der Waals surface area contributed by atoms with Crippen molar-refractivity contribution in [1.29, 1.82) is 0 Å². The third-order valence-electron chi connectivity index (χ3n) is 3.20. The predicted molar refractivity (Wildman–Crippen MR) is 93.9 cm³/mol. The van der Waals surface area contributed by atoms with Crippen LogP contribution in [0, 0.1) is 0 Å². The first-order valence-electron chi connectivity index (χ1n) is 7.03. The lowest BCUT2D eigenvalue weighted by Crippen LogP contribution is -2.30. The van der Waals surface area contributed by atoms with Crippen LogP contribution in [0.15, 0.2) is 48.5 Å². The van der Waals surface area contributed by atoms with Gasteiger partial charge in [0, 0.05) is 12.6 Å². The fraction of sp³-hybridized carbons (Fsp3) is 0.235. The van der Waals surface area contributed by atoms with Crippen LogP contribution < -0.4 is 20.1 Å². The number of thiocarbonyl (C=S) groups is 1. The molecule has 2 aromatic rings. The van der Waals surface area contributed by atoms with Crippen molar-refractivity contribution in [3.8, 4) is 11.5 Å². The van der Waals surface area contributed by atoms with Gasteiger partial charge in [0.1, 0.15) is 11.5 Å². The molecule has 0 aliphatic carbocycles. The fourth-order valence-electron chi connectivity index (χ4n) is 2.04. The summed E-state index contributed by atoms with van der Waals surface area (Å²) in [6.07, 6.45) is 0.915. The van der Waals surface area contributed by atoms with Crippen LogP contribution in [0.1, 0.15) is 5.56 Å². The summed E-state index contributed by atoms with van der Waals surface area (Å²) < 4.78 is 10.5. The summed E-state index contributed by atoms with van der Waals surface area (Å²) in [6.45, 7) is 0.766. The lowest BCUT2D eigenvalue weighted by molar-refractivity contribution is 0.405. The number of nitrogens with one attached hydrogen (secondary N) is 2. The molecular weight excluding hydrogens is 296 g/mol. The molecule has 0 atom stereocenters. The Balaban J connectivity index is 1.89. The van der Waals surface area contributed by atoms with E-state index in [4.69, 9.17) is 21.7 Å². The number of hydrogen-bond donors (Lipinski definition) is 2. The Labute approximate surface area is 136 Å². The van der Waals surface area contributed by atoms with Crippen molar-refractivity contribution in [3.05, 3.63) is 54.1 Å². The normalized spacial score (nSPS) is 9.91. The molecule has 0 aliphatic heterocycles. The highest BCUT2D eigenvalue weighted by atomic mass is 32.1. The van der Waals surface area contributed by atoms with Crippen LogP contribution in [-0.4, -0.2) is 25.9 Å². The number of benzene rings is 2. The quantitative estimate of drug-likeness (QED) is 0.801. The molecule has 2 aromatic carbocycles. The van der Waals surface area contributed by atoms with Gasteiger partial charge in [0.2, 0.25) is 0 Å². The average molecular weight is 316 g/mol. The van der Waals surface area contributed by atoms with Crippen molar-refractivity contribution < 1.29 is 9.47 Å². The van der Waals surface area contributed by atoms with Gasteiger partial charge in [-0.05, 0) is 36.3 Å². The van der Waals surface area contributed by atoms with Gasteiger partial charge in [0.25, 0.3) is 0 Å². The Morgan fingerprint density at radius 1 is 1.05 bits per heavy atom. The van der Waals surface area contributed by atoms with Crippen molar-refractivity contribution in [2.45, 2.75) is 6.42 Å². The number of methoxy groups -OCH3 is 2. The molecule has 0 unspecified atom stereocenters. The Bertz CT molecular complexity index is 617. The molecule has 22 heavy (non-hydrogen) atoms. The summed E-state index contributed by atoms with van der Waals surface area (Å²) in [5, 5.41) is 6.89. The second-order valence-corrected chi connectivity index (χ2v) is 5.09. The molecule has 0 aromatic heterocycles. The highest BCUT2D eigenvalue weighted by Crippen LogP contribution is 2.28. The molecule has 0 radical (unpaired) electrons. The molecule has 0 bridgehead atoms. The van der Waals surface area contributed by atoms with Gasteiger partial charge < -0.3 is 20.1 Å². The summed E-state index contributed by atoms with van der Waals surface area (Å²) in [6, 6.07) is 15.8. The van der Waals surface area contributed by atoms with E-state index in [1.807, 2.05) is 36.4 Å². The molecule has 116 valence electrons. The first-order valence-corrected chi connectivity index (χ1v) is 7.44. The van der Waals surface area contributed by atoms with Gasteiger partial charge in [-0.15, -0.1) is 0 Å². The maximum Gasteiger partial charge on any atom is 0.170 e. The fourth-order valence-corrected chi connectivity index (χ4v) is 2.26. The second-order valence-electron chi connectivity index (χ2n) is 4.68. The summed E-state index contributed by atoms with van der Waals surface area (Å²) in [4.78, 5) is 0. The summed E-state index contributed by atoms with van der Waals surface area (Å²) >= 11 is 5.32. The topological polar surface area (TPSA) is 42.5 Å². The largest absolute Gasteiger partial charge is 0.497 e. The zero-order valence-electron chi connectivity index (χ0n) is 12.8. The van der Waals surface area contributed by atoms with E-state index in [-0.39, 0.29) is 0 Å². The van der Waals surface area contributed by atoms with E-state index in [1.54, 1.807) is 14.2 Å². The van der Waals surface area contributed by atoms with Crippen LogP contribution in [-0.2, 0) is 6.42 Å². The van der Waals surface area contributed by atoms with Crippen LogP contribution in [0.4, 0.5) is 5.69 Å². The molecule has 0 aliphatic rings. The average Bonchev–Trinajstić information content (AvgIpc) is 2.55. The molecule has 2 rings (SSSR count). The van der Waals surface area contributed by atoms with Gasteiger partial charge in [-0.2, -0.15) is 0 Å². The predicted octanol–water partition coefficient (Wildman–Crippen LogP) is 3.23. The third kappa shape index (κ3) is 4.63. The lowest BCUT2D eigenvalue weighted by atomic mass is 10.1. The van der Waals surface area contributed by atoms with Gasteiger partial charge >= 0.3 is 0 Å².